The smallest absolute Gasteiger partial charge is 0.0205 e. The molecule has 0 unspecified atom stereocenters. The van der Waals surface area contributed by atoms with E-state index in [1.54, 1.807) is 0 Å². The second-order valence-corrected chi connectivity index (χ2v) is 4.43. The summed E-state index contributed by atoms with van der Waals surface area (Å²) < 4.78 is 0. The van der Waals surface area contributed by atoms with Crippen LogP contribution in [0.15, 0.2) is 24.3 Å². The van der Waals surface area contributed by atoms with Gasteiger partial charge < -0.3 is 5.32 Å². The number of rotatable bonds is 6. The van der Waals surface area contributed by atoms with E-state index in [-0.39, 0.29) is 0 Å². The largest absolute Gasteiger partial charge is 0.313 e. The van der Waals surface area contributed by atoms with Gasteiger partial charge in [0.1, 0.15) is 0 Å². The maximum absolute atomic E-state index is 3.47. The Hall–Kier alpha value is -0.820. The fourth-order valence-electron chi connectivity index (χ4n) is 1.60. The Bertz CT molecular complexity index is 278. The van der Waals surface area contributed by atoms with E-state index in [4.69, 9.17) is 0 Å². The van der Waals surface area contributed by atoms with Crippen LogP contribution in [-0.4, -0.2) is 6.54 Å². The van der Waals surface area contributed by atoms with E-state index in [2.05, 4.69) is 50.4 Å². The van der Waals surface area contributed by atoms with E-state index in [0.29, 0.717) is 5.92 Å². The lowest BCUT2D eigenvalue weighted by Crippen LogP contribution is -2.14. The summed E-state index contributed by atoms with van der Waals surface area (Å²) in [6, 6.07) is 8.88. The molecule has 0 amide bonds. The van der Waals surface area contributed by atoms with Gasteiger partial charge in [-0.1, -0.05) is 51.5 Å². The quantitative estimate of drug-likeness (QED) is 0.698. The van der Waals surface area contributed by atoms with Gasteiger partial charge in [0.2, 0.25) is 0 Å². The first-order valence-electron chi connectivity index (χ1n) is 6.03. The minimum absolute atomic E-state index is 0.626. The third kappa shape index (κ3) is 4.48. The van der Waals surface area contributed by atoms with Crippen molar-refractivity contribution in [3.63, 3.8) is 0 Å². The normalized spacial score (nSPS) is 10.9. The zero-order valence-electron chi connectivity index (χ0n) is 10.2. The third-order valence-corrected chi connectivity index (χ3v) is 2.65. The number of benzene rings is 1. The number of nitrogens with one attached hydrogen (secondary N) is 1. The molecule has 1 nitrogen and oxygen atoms in total. The maximum atomic E-state index is 3.47. The van der Waals surface area contributed by atoms with Crippen molar-refractivity contribution in [1.29, 1.82) is 0 Å². The molecule has 0 atom stereocenters. The fourth-order valence-corrected chi connectivity index (χ4v) is 1.60. The molecule has 0 aliphatic carbocycles. The molecular weight excluding hydrogens is 182 g/mol. The van der Waals surface area contributed by atoms with Gasteiger partial charge in [-0.15, -0.1) is 0 Å². The van der Waals surface area contributed by atoms with Crippen molar-refractivity contribution in [2.75, 3.05) is 6.54 Å². The van der Waals surface area contributed by atoms with Gasteiger partial charge in [0.05, 0.1) is 0 Å². The molecule has 1 aromatic rings. The van der Waals surface area contributed by atoms with E-state index < -0.39 is 0 Å². The molecule has 1 N–H and O–H groups in total. The highest BCUT2D eigenvalue weighted by Gasteiger charge is 1.99. The van der Waals surface area contributed by atoms with Crippen LogP contribution in [0.5, 0.6) is 0 Å². The van der Waals surface area contributed by atoms with Gasteiger partial charge in [0, 0.05) is 6.54 Å². The van der Waals surface area contributed by atoms with E-state index in [9.17, 15) is 0 Å². The highest BCUT2D eigenvalue weighted by molar-refractivity contribution is 5.25. The maximum Gasteiger partial charge on any atom is 0.0205 e. The molecule has 0 bridgehead atoms. The fraction of sp³-hybridized carbons (Fsp3) is 0.571. The lowest BCUT2D eigenvalue weighted by molar-refractivity contribution is 0.640. The zero-order chi connectivity index (χ0) is 11.1. The Morgan fingerprint density at radius 2 is 2.07 bits per heavy atom. The van der Waals surface area contributed by atoms with Crippen LogP contribution in [0.3, 0.4) is 0 Å². The molecule has 0 aliphatic rings. The van der Waals surface area contributed by atoms with Crippen LogP contribution < -0.4 is 5.32 Å². The first-order valence-corrected chi connectivity index (χ1v) is 6.03. The molecule has 0 radical (unpaired) electrons. The molecule has 0 heterocycles. The summed E-state index contributed by atoms with van der Waals surface area (Å²) in [6.45, 7) is 8.83. The molecule has 0 saturated heterocycles. The van der Waals surface area contributed by atoms with Crippen LogP contribution in [0, 0.1) is 0 Å². The summed E-state index contributed by atoms with van der Waals surface area (Å²) >= 11 is 0. The van der Waals surface area contributed by atoms with Crippen LogP contribution in [0.2, 0.25) is 0 Å². The van der Waals surface area contributed by atoms with Crippen LogP contribution in [0.4, 0.5) is 0 Å². The summed E-state index contributed by atoms with van der Waals surface area (Å²) in [5, 5.41) is 3.47. The standard InChI is InChI=1S/C14H23N/c1-4-5-9-15-11-13-7-6-8-14(10-13)12(2)3/h6-8,10,12,15H,4-5,9,11H2,1-3H3. The zero-order valence-corrected chi connectivity index (χ0v) is 10.2. The van der Waals surface area contributed by atoms with Gasteiger partial charge in [-0.2, -0.15) is 0 Å². The number of hydrogen-bond acceptors (Lipinski definition) is 1. The van der Waals surface area contributed by atoms with Crippen molar-refractivity contribution >= 4 is 0 Å². The third-order valence-electron chi connectivity index (χ3n) is 2.65. The summed E-state index contributed by atoms with van der Waals surface area (Å²) in [6.07, 6.45) is 2.53. The highest BCUT2D eigenvalue weighted by Crippen LogP contribution is 2.15. The van der Waals surface area contributed by atoms with Gasteiger partial charge >= 0.3 is 0 Å². The molecule has 0 aliphatic heterocycles. The van der Waals surface area contributed by atoms with Crippen molar-refractivity contribution < 1.29 is 0 Å². The van der Waals surface area contributed by atoms with E-state index in [0.717, 1.165) is 13.1 Å². The predicted octanol–water partition coefficient (Wildman–Crippen LogP) is 3.70. The van der Waals surface area contributed by atoms with Crippen LogP contribution in [0.25, 0.3) is 0 Å². The van der Waals surface area contributed by atoms with Gasteiger partial charge in [-0.3, -0.25) is 0 Å². The molecule has 15 heavy (non-hydrogen) atoms. The summed E-state index contributed by atoms with van der Waals surface area (Å²) in [4.78, 5) is 0. The van der Waals surface area contributed by atoms with E-state index in [1.807, 2.05) is 0 Å². The summed E-state index contributed by atoms with van der Waals surface area (Å²) in [7, 11) is 0. The molecular formula is C14H23N. The molecule has 0 spiro atoms. The van der Waals surface area contributed by atoms with Gasteiger partial charge in [0.15, 0.2) is 0 Å². The van der Waals surface area contributed by atoms with E-state index in [1.165, 1.54) is 24.0 Å². The van der Waals surface area contributed by atoms with Crippen molar-refractivity contribution in [2.24, 2.45) is 0 Å². The minimum Gasteiger partial charge on any atom is -0.313 e. The molecule has 1 aromatic carbocycles. The summed E-state index contributed by atoms with van der Waals surface area (Å²) in [5.74, 6) is 0.626. The lowest BCUT2D eigenvalue weighted by Gasteiger charge is -2.08. The molecule has 84 valence electrons. The second kappa shape index (κ2) is 6.62. The Morgan fingerprint density at radius 3 is 2.73 bits per heavy atom. The van der Waals surface area contributed by atoms with Gasteiger partial charge in [-0.25, -0.2) is 0 Å². The van der Waals surface area contributed by atoms with Crippen molar-refractivity contribution in [3.05, 3.63) is 35.4 Å². The summed E-state index contributed by atoms with van der Waals surface area (Å²) in [5.41, 5.74) is 2.84. The lowest BCUT2D eigenvalue weighted by atomic mass is 10.0. The average molecular weight is 205 g/mol. The van der Waals surface area contributed by atoms with Crippen molar-refractivity contribution in [2.45, 2.75) is 46.1 Å². The molecule has 1 rings (SSSR count). The van der Waals surface area contributed by atoms with E-state index >= 15 is 0 Å². The minimum atomic E-state index is 0.626. The van der Waals surface area contributed by atoms with Crippen molar-refractivity contribution in [3.8, 4) is 0 Å². The SMILES string of the molecule is CCCCNCc1cccc(C(C)C)c1. The topological polar surface area (TPSA) is 12.0 Å². The number of unbranched alkanes of at least 4 members (excludes halogenated alkanes) is 1. The number of hydrogen-bond donors (Lipinski definition) is 1. The first kappa shape index (κ1) is 12.3. The van der Waals surface area contributed by atoms with Crippen LogP contribution >= 0.6 is 0 Å². The monoisotopic (exact) mass is 205 g/mol. The molecule has 0 fully saturated rings. The highest BCUT2D eigenvalue weighted by atomic mass is 14.8. The Balaban J connectivity index is 2.43. The first-order chi connectivity index (χ1) is 7.24. The Labute approximate surface area is 93.9 Å². The van der Waals surface area contributed by atoms with Crippen LogP contribution in [0.1, 0.15) is 50.7 Å². The van der Waals surface area contributed by atoms with Gasteiger partial charge in [0.25, 0.3) is 0 Å². The molecule has 0 saturated carbocycles. The Morgan fingerprint density at radius 1 is 1.27 bits per heavy atom. The average Bonchev–Trinajstić information content (AvgIpc) is 2.25. The second-order valence-electron chi connectivity index (χ2n) is 4.43. The molecule has 1 heteroatoms. The predicted molar refractivity (Wildman–Crippen MR) is 67.1 cm³/mol. The van der Waals surface area contributed by atoms with Crippen LogP contribution in [-0.2, 0) is 6.54 Å². The molecule has 0 aromatic heterocycles. The van der Waals surface area contributed by atoms with Crippen molar-refractivity contribution in [1.82, 2.24) is 5.32 Å². The van der Waals surface area contributed by atoms with Gasteiger partial charge in [-0.05, 0) is 30.0 Å². The Kier molecular flexibility index (Phi) is 5.41.